The molecule has 0 radical (unpaired) electrons. The highest BCUT2D eigenvalue weighted by molar-refractivity contribution is 7.80. The number of pyridine rings is 1. The Morgan fingerprint density at radius 3 is 2.59 bits per heavy atom. The average molecular weight is 447 g/mol. The number of aromatic nitrogens is 2. The van der Waals surface area contributed by atoms with Gasteiger partial charge in [0, 0.05) is 23.3 Å². The van der Waals surface area contributed by atoms with E-state index in [9.17, 15) is 4.39 Å². The molecule has 1 aliphatic rings. The first-order chi connectivity index (χ1) is 15.5. The number of nitrogens with zero attached hydrogens (tertiary/aromatic N) is 3. The lowest BCUT2D eigenvalue weighted by Crippen LogP contribution is -2.29. The Hall–Kier alpha value is -3.45. The summed E-state index contributed by atoms with van der Waals surface area (Å²) in [6.45, 7) is 4.70. The highest BCUT2D eigenvalue weighted by Crippen LogP contribution is 2.42. The van der Waals surface area contributed by atoms with Crippen molar-refractivity contribution in [1.29, 1.82) is 0 Å². The van der Waals surface area contributed by atoms with Crippen molar-refractivity contribution < 1.29 is 8.81 Å². The molecule has 1 fully saturated rings. The first-order valence-corrected chi connectivity index (χ1v) is 10.9. The maximum absolute atomic E-state index is 13.5. The summed E-state index contributed by atoms with van der Waals surface area (Å²) in [5.41, 5.74) is 5.14. The van der Waals surface area contributed by atoms with Crippen LogP contribution in [0, 0.1) is 19.7 Å². The van der Waals surface area contributed by atoms with Crippen LogP contribution in [0.3, 0.4) is 0 Å². The Morgan fingerprint density at radius 1 is 1.09 bits per heavy atom. The molecule has 1 aromatic carbocycles. The van der Waals surface area contributed by atoms with Gasteiger partial charge in [-0.05, 0) is 86.2 Å². The van der Waals surface area contributed by atoms with Gasteiger partial charge in [-0.15, -0.1) is 0 Å². The maximum Gasteiger partial charge on any atom is 0.170 e. The lowest BCUT2D eigenvalue weighted by atomic mass is 9.96. The lowest BCUT2D eigenvalue weighted by molar-refractivity contribution is 0.286. The predicted octanol–water partition coefficient (Wildman–Crippen LogP) is 5.39. The van der Waals surface area contributed by atoms with Gasteiger partial charge in [0.25, 0.3) is 0 Å². The van der Waals surface area contributed by atoms with Gasteiger partial charge in [-0.2, -0.15) is 0 Å². The van der Waals surface area contributed by atoms with Crippen LogP contribution in [0.2, 0.25) is 0 Å². The maximum atomic E-state index is 13.5. The zero-order valence-corrected chi connectivity index (χ0v) is 18.6. The van der Waals surface area contributed by atoms with Crippen LogP contribution >= 0.6 is 12.2 Å². The smallest absolute Gasteiger partial charge is 0.170 e. The van der Waals surface area contributed by atoms with Crippen LogP contribution in [-0.4, -0.2) is 19.6 Å². The van der Waals surface area contributed by atoms with Crippen molar-refractivity contribution in [2.75, 3.05) is 0 Å². The molecule has 5 rings (SSSR count). The molecule has 1 aliphatic heterocycles. The molecule has 0 amide bonds. The van der Waals surface area contributed by atoms with E-state index in [4.69, 9.17) is 16.6 Å². The van der Waals surface area contributed by atoms with Gasteiger partial charge in [0.05, 0.1) is 30.6 Å². The Balaban J connectivity index is 1.62. The van der Waals surface area contributed by atoms with Crippen LogP contribution in [0.5, 0.6) is 0 Å². The molecule has 4 heterocycles. The first kappa shape index (κ1) is 20.5. The minimum absolute atomic E-state index is 0.0806. The topological polar surface area (TPSA) is 46.2 Å². The van der Waals surface area contributed by atoms with Gasteiger partial charge in [-0.3, -0.25) is 4.98 Å². The van der Waals surface area contributed by atoms with E-state index in [1.165, 1.54) is 12.1 Å². The number of hydrogen-bond acceptors (Lipinski definition) is 3. The van der Waals surface area contributed by atoms with Crippen molar-refractivity contribution in [2.24, 2.45) is 0 Å². The van der Waals surface area contributed by atoms with Crippen LogP contribution in [-0.2, 0) is 6.54 Å². The molecule has 7 heteroatoms. The monoisotopic (exact) mass is 446 g/mol. The Morgan fingerprint density at radius 2 is 1.91 bits per heavy atom. The molecule has 2 unspecified atom stereocenters. The second-order valence-electron chi connectivity index (χ2n) is 7.97. The second-order valence-corrected chi connectivity index (χ2v) is 8.36. The van der Waals surface area contributed by atoms with Crippen molar-refractivity contribution in [3.8, 4) is 5.69 Å². The molecule has 0 spiro atoms. The molecular weight excluding hydrogens is 423 g/mol. The summed E-state index contributed by atoms with van der Waals surface area (Å²) in [6.07, 6.45) is 3.47. The summed E-state index contributed by atoms with van der Waals surface area (Å²) in [5.74, 6) is 0.592. The molecule has 2 atom stereocenters. The van der Waals surface area contributed by atoms with Gasteiger partial charge < -0.3 is 19.2 Å². The van der Waals surface area contributed by atoms with Gasteiger partial charge in [0.1, 0.15) is 11.6 Å². The summed E-state index contributed by atoms with van der Waals surface area (Å²) in [6, 6.07) is 18.3. The van der Waals surface area contributed by atoms with E-state index in [2.05, 4.69) is 39.7 Å². The number of benzene rings is 1. The minimum Gasteiger partial charge on any atom is -0.467 e. The van der Waals surface area contributed by atoms with Crippen molar-refractivity contribution in [3.05, 3.63) is 107 Å². The van der Waals surface area contributed by atoms with Crippen molar-refractivity contribution in [3.63, 3.8) is 0 Å². The fourth-order valence-electron chi connectivity index (χ4n) is 4.56. The number of furan rings is 1. The average Bonchev–Trinajstić information content (AvgIpc) is 3.49. The number of thiocarbonyl (C=S) groups is 1. The van der Waals surface area contributed by atoms with E-state index in [-0.39, 0.29) is 17.9 Å². The quantitative estimate of drug-likeness (QED) is 0.416. The number of hydrogen-bond donors (Lipinski definition) is 1. The van der Waals surface area contributed by atoms with E-state index in [1.54, 1.807) is 24.6 Å². The van der Waals surface area contributed by atoms with Crippen molar-refractivity contribution in [2.45, 2.75) is 32.5 Å². The standard InChI is InChI=1S/C25H23FN4OS/c1-16-14-21(17(2)30(16)19-10-8-18(26)9-11-19)24-23(22-7-3-4-12-27-22)28-25(32)29(24)15-20-6-5-13-31-20/h3-14,23-24H,15H2,1-2H3,(H,28,32). The Bertz CT molecular complexity index is 1240. The summed E-state index contributed by atoms with van der Waals surface area (Å²) < 4.78 is 21.3. The van der Waals surface area contributed by atoms with Crippen molar-refractivity contribution in [1.82, 2.24) is 19.8 Å². The molecule has 4 aromatic rings. The number of aryl methyl sites for hydroxylation is 1. The molecule has 3 aromatic heterocycles. The van der Waals surface area contributed by atoms with Crippen molar-refractivity contribution >= 4 is 17.3 Å². The highest BCUT2D eigenvalue weighted by atomic mass is 32.1. The van der Waals surface area contributed by atoms with Crippen LogP contribution in [0.15, 0.2) is 77.5 Å². The summed E-state index contributed by atoms with van der Waals surface area (Å²) >= 11 is 5.76. The fourth-order valence-corrected chi connectivity index (χ4v) is 4.86. The van der Waals surface area contributed by atoms with Crippen LogP contribution in [0.1, 0.15) is 40.5 Å². The Kier molecular flexibility index (Phi) is 5.27. The van der Waals surface area contributed by atoms with E-state index in [0.29, 0.717) is 11.7 Å². The SMILES string of the molecule is Cc1cc(C2C(c3ccccn3)NC(=S)N2Cc2ccco2)c(C)n1-c1ccc(F)cc1. The van der Waals surface area contributed by atoms with E-state index >= 15 is 0 Å². The van der Waals surface area contributed by atoms with Crippen LogP contribution in [0.4, 0.5) is 4.39 Å². The molecule has 0 aliphatic carbocycles. The third kappa shape index (κ3) is 3.58. The van der Waals surface area contributed by atoms with E-state index in [0.717, 1.165) is 34.1 Å². The molecule has 5 nitrogen and oxygen atoms in total. The van der Waals surface area contributed by atoms with Gasteiger partial charge >= 0.3 is 0 Å². The molecule has 32 heavy (non-hydrogen) atoms. The molecule has 1 saturated heterocycles. The third-order valence-corrected chi connectivity index (χ3v) is 6.33. The zero-order valence-electron chi connectivity index (χ0n) is 17.8. The molecular formula is C25H23FN4OS. The first-order valence-electron chi connectivity index (χ1n) is 10.5. The molecule has 0 saturated carbocycles. The van der Waals surface area contributed by atoms with Gasteiger partial charge in [0.2, 0.25) is 0 Å². The number of halogens is 1. The third-order valence-electron chi connectivity index (χ3n) is 5.98. The molecule has 0 bridgehead atoms. The van der Waals surface area contributed by atoms with Gasteiger partial charge in [0.15, 0.2) is 5.11 Å². The molecule has 162 valence electrons. The largest absolute Gasteiger partial charge is 0.467 e. The summed E-state index contributed by atoms with van der Waals surface area (Å²) in [5, 5.41) is 4.14. The minimum atomic E-state index is -0.249. The highest BCUT2D eigenvalue weighted by Gasteiger charge is 2.41. The van der Waals surface area contributed by atoms with E-state index < -0.39 is 0 Å². The number of rotatable bonds is 5. The summed E-state index contributed by atoms with van der Waals surface area (Å²) in [4.78, 5) is 6.77. The predicted molar refractivity (Wildman–Crippen MR) is 125 cm³/mol. The van der Waals surface area contributed by atoms with Crippen LogP contribution < -0.4 is 5.32 Å². The van der Waals surface area contributed by atoms with Crippen LogP contribution in [0.25, 0.3) is 5.69 Å². The second kappa shape index (κ2) is 8.24. The lowest BCUT2D eigenvalue weighted by Gasteiger charge is -2.27. The molecule has 1 N–H and O–H groups in total. The zero-order chi connectivity index (χ0) is 22.2. The fraction of sp³-hybridized carbons (Fsp3) is 0.200. The van der Waals surface area contributed by atoms with Gasteiger partial charge in [-0.25, -0.2) is 4.39 Å². The van der Waals surface area contributed by atoms with Gasteiger partial charge in [-0.1, -0.05) is 6.07 Å². The summed E-state index contributed by atoms with van der Waals surface area (Å²) in [7, 11) is 0. The van der Waals surface area contributed by atoms with E-state index in [1.807, 2.05) is 30.3 Å². The Labute approximate surface area is 191 Å². The normalized spacial score (nSPS) is 18.2. The number of nitrogens with one attached hydrogen (secondary N) is 1.